The topological polar surface area (TPSA) is 58.1 Å². The van der Waals surface area contributed by atoms with Crippen molar-refractivity contribution in [2.45, 2.75) is 19.0 Å². The summed E-state index contributed by atoms with van der Waals surface area (Å²) in [6.07, 6.45) is -1.41. The molecule has 0 saturated heterocycles. The van der Waals surface area contributed by atoms with E-state index >= 15 is 0 Å². The fourth-order valence-corrected chi connectivity index (χ4v) is 3.78. The molecule has 3 rings (SSSR count). The lowest BCUT2D eigenvalue weighted by atomic mass is 9.95. The number of rotatable bonds is 6. The van der Waals surface area contributed by atoms with E-state index in [4.69, 9.17) is 34.8 Å². The molecule has 1 amide bonds. The Morgan fingerprint density at radius 3 is 2.23 bits per heavy atom. The van der Waals surface area contributed by atoms with Gasteiger partial charge in [0.1, 0.15) is 11.7 Å². The Morgan fingerprint density at radius 2 is 1.69 bits per heavy atom. The van der Waals surface area contributed by atoms with Crippen LogP contribution in [0.3, 0.4) is 0 Å². The van der Waals surface area contributed by atoms with Crippen molar-refractivity contribution in [1.82, 2.24) is 15.4 Å². The van der Waals surface area contributed by atoms with E-state index in [0.717, 1.165) is 12.1 Å². The van der Waals surface area contributed by atoms with Crippen molar-refractivity contribution in [3.05, 3.63) is 92.2 Å². The minimum atomic E-state index is -4.84. The van der Waals surface area contributed by atoms with Crippen LogP contribution in [-0.4, -0.2) is 29.1 Å². The number of nitrogens with one attached hydrogen (secondary N) is 1. The zero-order valence-corrected chi connectivity index (χ0v) is 20.4. The van der Waals surface area contributed by atoms with Crippen molar-refractivity contribution in [3.8, 4) is 0 Å². The van der Waals surface area contributed by atoms with Gasteiger partial charge in [-0.3, -0.25) is 15.2 Å². The van der Waals surface area contributed by atoms with Crippen LogP contribution in [0.1, 0.15) is 33.0 Å². The Labute approximate surface area is 213 Å². The van der Waals surface area contributed by atoms with Crippen LogP contribution in [0.25, 0.3) is 5.83 Å². The largest absolute Gasteiger partial charge is 0.399 e. The molecule has 0 aliphatic carbocycles. The van der Waals surface area contributed by atoms with Crippen molar-refractivity contribution < 1.29 is 22.4 Å². The molecule has 35 heavy (non-hydrogen) atoms. The predicted octanol–water partition coefficient (Wildman–Crippen LogP) is 7.18. The molecule has 184 valence electrons. The Hall–Kier alpha value is -2.88. The zero-order chi connectivity index (χ0) is 25.9. The molecular weight excluding hydrogens is 531 g/mol. The van der Waals surface area contributed by atoms with Gasteiger partial charge in [0.2, 0.25) is 5.95 Å². The Kier molecular flexibility index (Phi) is 8.25. The van der Waals surface area contributed by atoms with Gasteiger partial charge in [0.05, 0.1) is 15.1 Å². The Balaban J connectivity index is 1.88. The lowest BCUT2D eigenvalue weighted by Gasteiger charge is -2.19. The van der Waals surface area contributed by atoms with Gasteiger partial charge < -0.3 is 0 Å². The molecule has 12 heteroatoms. The van der Waals surface area contributed by atoms with Gasteiger partial charge in [-0.05, 0) is 54.5 Å². The van der Waals surface area contributed by atoms with E-state index in [-0.39, 0.29) is 37.7 Å². The molecule has 0 aliphatic heterocycles. The number of aryl methyl sites for hydroxylation is 1. The summed E-state index contributed by atoms with van der Waals surface area (Å²) in [6, 6.07) is 7.39. The number of amides is 1. The number of halogens is 7. The highest BCUT2D eigenvalue weighted by molar-refractivity contribution is 6.48. The summed E-state index contributed by atoms with van der Waals surface area (Å²) in [5.74, 6) is -3.77. The zero-order valence-electron chi connectivity index (χ0n) is 18.2. The Morgan fingerprint density at radius 1 is 1.09 bits per heavy atom. The van der Waals surface area contributed by atoms with Gasteiger partial charge in [0.15, 0.2) is 0 Å². The molecular formula is C23H17Cl3F4N4O. The summed E-state index contributed by atoms with van der Waals surface area (Å²) in [4.78, 5) is 20.6. The number of nitrogens with zero attached hydrogens (tertiary/aromatic N) is 3. The minimum Gasteiger partial charge on any atom is -0.267 e. The number of carbonyl (C=O) groups excluding carboxylic acids is 1. The van der Waals surface area contributed by atoms with E-state index in [1.165, 1.54) is 49.6 Å². The average Bonchev–Trinajstić information content (AvgIpc) is 2.80. The van der Waals surface area contributed by atoms with Gasteiger partial charge in [-0.2, -0.15) is 13.2 Å². The summed E-state index contributed by atoms with van der Waals surface area (Å²) in [6.45, 7) is 1.53. The fourth-order valence-electron chi connectivity index (χ4n) is 3.17. The summed E-state index contributed by atoms with van der Waals surface area (Å²) in [7, 11) is 1.53. The number of benzene rings is 2. The first-order valence-corrected chi connectivity index (χ1v) is 11.0. The number of carbonyl (C=O) groups is 1. The van der Waals surface area contributed by atoms with Crippen LogP contribution in [0.15, 0.2) is 54.9 Å². The van der Waals surface area contributed by atoms with Gasteiger partial charge in [-0.15, -0.1) is 0 Å². The molecule has 3 aromatic rings. The van der Waals surface area contributed by atoms with Crippen LogP contribution in [0, 0.1) is 6.92 Å². The molecule has 1 N–H and O–H groups in total. The molecule has 0 radical (unpaired) electrons. The third-order valence-corrected chi connectivity index (χ3v) is 6.10. The molecule has 1 atom stereocenters. The van der Waals surface area contributed by atoms with Gasteiger partial charge >= 0.3 is 6.18 Å². The Bertz CT molecular complexity index is 1250. The number of hydrogen-bond donors (Lipinski definition) is 1. The summed E-state index contributed by atoms with van der Waals surface area (Å²) in [5, 5.41) is 0.826. The van der Waals surface area contributed by atoms with Crippen molar-refractivity contribution >= 4 is 52.5 Å². The average molecular weight is 548 g/mol. The van der Waals surface area contributed by atoms with Gasteiger partial charge in [-0.25, -0.2) is 14.4 Å². The van der Waals surface area contributed by atoms with Crippen LogP contribution in [0.2, 0.25) is 15.1 Å². The van der Waals surface area contributed by atoms with Crippen LogP contribution >= 0.6 is 34.8 Å². The third kappa shape index (κ3) is 6.42. The number of anilines is 1. The lowest BCUT2D eigenvalue weighted by Crippen LogP contribution is -2.40. The maximum atomic E-state index is 15.0. The first kappa shape index (κ1) is 26.7. The maximum absolute atomic E-state index is 15.0. The third-order valence-electron chi connectivity index (χ3n) is 4.90. The van der Waals surface area contributed by atoms with E-state index in [9.17, 15) is 22.4 Å². The second-order valence-corrected chi connectivity index (χ2v) is 8.60. The van der Waals surface area contributed by atoms with Gasteiger partial charge in [-0.1, -0.05) is 40.9 Å². The van der Waals surface area contributed by atoms with Gasteiger partial charge in [0, 0.05) is 30.6 Å². The first-order valence-electron chi connectivity index (χ1n) is 9.89. The minimum absolute atomic E-state index is 0.101. The quantitative estimate of drug-likeness (QED) is 0.202. The summed E-state index contributed by atoms with van der Waals surface area (Å²) < 4.78 is 56.2. The van der Waals surface area contributed by atoms with E-state index in [0.29, 0.717) is 11.6 Å². The van der Waals surface area contributed by atoms with E-state index in [1.807, 2.05) is 0 Å². The molecule has 2 aromatic carbocycles. The van der Waals surface area contributed by atoms with Crippen LogP contribution < -0.4 is 10.4 Å². The maximum Gasteiger partial charge on any atom is 0.399 e. The van der Waals surface area contributed by atoms with Crippen LogP contribution in [0.5, 0.6) is 0 Å². The van der Waals surface area contributed by atoms with Crippen molar-refractivity contribution in [3.63, 3.8) is 0 Å². The monoisotopic (exact) mass is 546 g/mol. The first-order chi connectivity index (χ1) is 16.4. The summed E-state index contributed by atoms with van der Waals surface area (Å²) >= 11 is 17.5. The van der Waals surface area contributed by atoms with Crippen molar-refractivity contribution in [2.75, 3.05) is 12.1 Å². The van der Waals surface area contributed by atoms with E-state index in [1.54, 1.807) is 6.07 Å². The van der Waals surface area contributed by atoms with Crippen LogP contribution in [0.4, 0.5) is 23.5 Å². The number of hydrazine groups is 1. The van der Waals surface area contributed by atoms with E-state index in [2.05, 4.69) is 15.4 Å². The highest BCUT2D eigenvalue weighted by atomic mass is 35.5. The second kappa shape index (κ2) is 10.8. The molecule has 1 heterocycles. The van der Waals surface area contributed by atoms with E-state index < -0.39 is 23.8 Å². The molecule has 1 unspecified atom stereocenters. The molecule has 0 saturated carbocycles. The highest BCUT2D eigenvalue weighted by Crippen LogP contribution is 2.42. The molecule has 0 aliphatic rings. The number of allylic oxidation sites excluding steroid dienone is 1. The van der Waals surface area contributed by atoms with Crippen molar-refractivity contribution in [2.24, 2.45) is 0 Å². The smallest absolute Gasteiger partial charge is 0.267 e. The highest BCUT2D eigenvalue weighted by Gasteiger charge is 2.40. The summed E-state index contributed by atoms with van der Waals surface area (Å²) in [5.41, 5.74) is 2.59. The standard InChI is InChI=1S/C23H17Cl3F4N4O/c1-12-8-13(4-5-15(12)21(35)33-34(2)22-31-6-3-7-32-22)19(27)11-16(23(28,29)30)14-9-17(24)20(26)18(25)10-14/h3-11,16H,1-2H3,(H,33,35). The number of hydrogen-bond acceptors (Lipinski definition) is 4. The normalized spacial score (nSPS) is 12.9. The number of aromatic nitrogens is 2. The molecule has 1 aromatic heterocycles. The SMILES string of the molecule is Cc1cc(C(F)=CC(c2cc(Cl)c(Cl)c(Cl)c2)C(F)(F)F)ccc1C(=O)NN(C)c1ncccn1. The lowest BCUT2D eigenvalue weighted by molar-refractivity contribution is -0.139. The second-order valence-electron chi connectivity index (χ2n) is 7.41. The van der Waals surface area contributed by atoms with Crippen molar-refractivity contribution in [1.29, 1.82) is 0 Å². The molecule has 0 fully saturated rings. The molecule has 0 spiro atoms. The fraction of sp³-hybridized carbons (Fsp3) is 0.174. The van der Waals surface area contributed by atoms with Crippen LogP contribution in [-0.2, 0) is 0 Å². The van der Waals surface area contributed by atoms with Gasteiger partial charge in [0.25, 0.3) is 5.91 Å². The predicted molar refractivity (Wildman–Crippen MR) is 128 cm³/mol. The molecule has 5 nitrogen and oxygen atoms in total. The number of alkyl halides is 3. The molecule has 0 bridgehead atoms.